The van der Waals surface area contributed by atoms with E-state index in [9.17, 15) is 0 Å². The highest BCUT2D eigenvalue weighted by Gasteiger charge is 1.62. The molecule has 0 radical (unpaired) electrons. The standard InChI is InChI=1S/C4H5N.3C3H4N2.C3H3NO.C3H3NS.2C2H2N2O/c1-2-4-5-3-1;2*1-2-5-3-4-1;1-2-4-5-3-1;2*1-2-5-3-4-1;1-3-4-2-5-1;1-3-2-5-4-1/h1-5H;3*1-3H,(H,4,5);2*1-3H;2*1-2H. The van der Waals surface area contributed by atoms with Crippen molar-refractivity contribution >= 4 is 11.3 Å². The fourth-order valence-electron chi connectivity index (χ4n) is 1.55. The third-order valence-corrected chi connectivity index (χ3v) is 3.50. The molecule has 0 unspecified atom stereocenters. The van der Waals surface area contributed by atoms with Gasteiger partial charge in [0.15, 0.2) is 12.7 Å². The number of hydrogen-bond acceptors (Lipinski definition) is 13. The second-order valence-corrected chi connectivity index (χ2v) is 6.44. The van der Waals surface area contributed by atoms with E-state index in [2.05, 4.69) is 78.8 Å². The third-order valence-electron chi connectivity index (χ3n) is 2.97. The van der Waals surface area contributed by atoms with Gasteiger partial charge in [0.2, 0.25) is 19.2 Å². The summed E-state index contributed by atoms with van der Waals surface area (Å²) in [7, 11) is 0. The smallest absolute Gasteiger partial charge is 0.213 e. The van der Waals surface area contributed by atoms with E-state index in [1.165, 1.54) is 38.2 Å². The van der Waals surface area contributed by atoms with Crippen LogP contribution < -0.4 is 0 Å². The Hall–Kier alpha value is -5.97. The van der Waals surface area contributed by atoms with E-state index < -0.39 is 0 Å². The van der Waals surface area contributed by atoms with Crippen molar-refractivity contribution in [1.29, 1.82) is 0 Å². The van der Waals surface area contributed by atoms with Gasteiger partial charge in [-0.1, -0.05) is 5.16 Å². The molecule has 4 N–H and O–H groups in total. The number of aromatic nitrogens is 13. The van der Waals surface area contributed by atoms with Crippen LogP contribution in [0.4, 0.5) is 0 Å². The minimum Gasteiger partial charge on any atom is -0.452 e. The van der Waals surface area contributed by atoms with E-state index in [1.807, 2.05) is 36.0 Å². The van der Waals surface area contributed by atoms with Crippen molar-refractivity contribution in [3.63, 3.8) is 0 Å². The molecule has 0 fully saturated rings. The Labute approximate surface area is 232 Å². The molecule has 16 nitrogen and oxygen atoms in total. The molecular formula is C23H27N13O3S. The van der Waals surface area contributed by atoms with Crippen molar-refractivity contribution in [2.45, 2.75) is 0 Å². The lowest BCUT2D eigenvalue weighted by Gasteiger charge is -1.49. The SMILES string of the molecule is c1c[nH]cn1.c1c[nH]cn1.c1cc[nH]c1.c1cn[nH]c1.c1cocn1.c1cscn1.c1ncon1.c1nnco1. The Bertz CT molecular complexity index is 823. The van der Waals surface area contributed by atoms with Gasteiger partial charge in [-0.2, -0.15) is 5.10 Å². The average Bonchev–Trinajstić information content (AvgIpc) is 3.95. The van der Waals surface area contributed by atoms with Crippen molar-refractivity contribution in [1.82, 2.24) is 65.4 Å². The lowest BCUT2D eigenvalue weighted by atomic mass is 10.7. The van der Waals surface area contributed by atoms with Gasteiger partial charge in [-0.05, 0) is 18.2 Å². The first-order valence-electron chi connectivity index (χ1n) is 10.9. The van der Waals surface area contributed by atoms with Crippen LogP contribution in [0.5, 0.6) is 0 Å². The number of rotatable bonds is 0. The molecule has 40 heavy (non-hydrogen) atoms. The van der Waals surface area contributed by atoms with Gasteiger partial charge in [-0.3, -0.25) is 10.1 Å². The van der Waals surface area contributed by atoms with Gasteiger partial charge < -0.3 is 28.3 Å². The highest BCUT2D eigenvalue weighted by molar-refractivity contribution is 7.07. The van der Waals surface area contributed by atoms with Crippen LogP contribution in [-0.2, 0) is 0 Å². The van der Waals surface area contributed by atoms with Crippen LogP contribution in [-0.4, -0.2) is 65.4 Å². The van der Waals surface area contributed by atoms with E-state index >= 15 is 0 Å². The maximum atomic E-state index is 4.47. The second-order valence-electron chi connectivity index (χ2n) is 5.68. The molecule has 0 spiro atoms. The number of oxazole rings is 1. The summed E-state index contributed by atoms with van der Waals surface area (Å²) in [5.74, 6) is 0. The van der Waals surface area contributed by atoms with Crippen molar-refractivity contribution in [3.05, 3.63) is 142 Å². The predicted molar refractivity (Wildman–Crippen MR) is 144 cm³/mol. The Morgan fingerprint density at radius 1 is 0.575 bits per heavy atom. The van der Waals surface area contributed by atoms with E-state index in [-0.39, 0.29) is 0 Å². The monoisotopic (exact) mass is 565 g/mol. The summed E-state index contributed by atoms with van der Waals surface area (Å²) in [6.45, 7) is 0. The molecule has 208 valence electrons. The molecule has 8 aromatic heterocycles. The zero-order valence-corrected chi connectivity index (χ0v) is 21.8. The van der Waals surface area contributed by atoms with Crippen LogP contribution in [0.15, 0.2) is 155 Å². The molecule has 0 amide bonds. The molecular weight excluding hydrogens is 538 g/mol. The fourth-order valence-corrected chi connectivity index (χ4v) is 1.90. The van der Waals surface area contributed by atoms with Crippen LogP contribution in [0.1, 0.15) is 0 Å². The third kappa shape index (κ3) is 26.6. The summed E-state index contributed by atoms with van der Waals surface area (Å²) in [5, 5.41) is 18.0. The van der Waals surface area contributed by atoms with Crippen LogP contribution in [0.2, 0.25) is 0 Å². The van der Waals surface area contributed by atoms with E-state index in [0.717, 1.165) is 0 Å². The van der Waals surface area contributed by atoms with Gasteiger partial charge in [-0.25, -0.2) is 19.9 Å². The number of hydrogen-bond donors (Lipinski definition) is 4. The summed E-state index contributed by atoms with van der Waals surface area (Å²) in [6, 6.07) is 5.72. The number of nitrogens with zero attached hydrogens (tertiary/aromatic N) is 9. The summed E-state index contributed by atoms with van der Waals surface area (Å²) in [6.07, 6.45) is 28.7. The highest BCUT2D eigenvalue weighted by Crippen LogP contribution is 1.86. The molecule has 8 rings (SSSR count). The van der Waals surface area contributed by atoms with Crippen LogP contribution >= 0.6 is 11.3 Å². The van der Waals surface area contributed by atoms with Gasteiger partial charge in [0.25, 0.3) is 0 Å². The second kappa shape index (κ2) is 29.3. The molecule has 0 bridgehead atoms. The largest absolute Gasteiger partial charge is 0.452 e. The van der Waals surface area contributed by atoms with Crippen LogP contribution in [0.25, 0.3) is 0 Å². The van der Waals surface area contributed by atoms with Gasteiger partial charge in [-0.15, -0.1) is 21.5 Å². The maximum Gasteiger partial charge on any atom is 0.213 e. The minimum atomic E-state index is 1.26. The molecule has 0 saturated heterocycles. The number of H-pyrrole nitrogens is 4. The molecule has 8 aromatic rings. The van der Waals surface area contributed by atoms with Gasteiger partial charge in [0.05, 0.1) is 24.4 Å². The first kappa shape index (κ1) is 32.1. The maximum absolute atomic E-state index is 4.47. The van der Waals surface area contributed by atoms with Crippen LogP contribution in [0, 0.1) is 0 Å². The number of nitrogens with one attached hydrogen (secondary N) is 4. The Morgan fingerprint density at radius 3 is 1.52 bits per heavy atom. The van der Waals surface area contributed by atoms with Crippen molar-refractivity contribution in [2.75, 3.05) is 0 Å². The minimum absolute atomic E-state index is 1.26. The summed E-state index contributed by atoms with van der Waals surface area (Å²) in [4.78, 5) is 26.4. The summed E-state index contributed by atoms with van der Waals surface area (Å²) in [5.41, 5.74) is 1.79. The zero-order chi connectivity index (χ0) is 28.3. The van der Waals surface area contributed by atoms with Crippen LogP contribution in [0.3, 0.4) is 0 Å². The van der Waals surface area contributed by atoms with E-state index in [4.69, 9.17) is 0 Å². The molecule has 0 aromatic carbocycles. The number of imidazole rings is 2. The predicted octanol–water partition coefficient (Wildman–Crippen LogP) is 4.20. The van der Waals surface area contributed by atoms with E-state index in [1.54, 1.807) is 79.1 Å². The Morgan fingerprint density at radius 2 is 1.35 bits per heavy atom. The molecule has 17 heteroatoms. The van der Waals surface area contributed by atoms with Crippen molar-refractivity contribution in [3.8, 4) is 0 Å². The topological polar surface area (TPSA) is 219 Å². The molecule has 0 aliphatic rings. The first-order valence-corrected chi connectivity index (χ1v) is 11.8. The van der Waals surface area contributed by atoms with Crippen molar-refractivity contribution in [2.24, 2.45) is 0 Å². The molecule has 0 aliphatic carbocycles. The van der Waals surface area contributed by atoms with Gasteiger partial charge in [0, 0.05) is 61.2 Å². The highest BCUT2D eigenvalue weighted by atomic mass is 32.1. The Kier molecular flexibility index (Phi) is 23.5. The molecule has 8 heterocycles. The zero-order valence-electron chi connectivity index (χ0n) is 20.9. The number of aromatic amines is 4. The molecule has 0 saturated carbocycles. The van der Waals surface area contributed by atoms with Gasteiger partial charge in [0.1, 0.15) is 6.26 Å². The normalized spacial score (nSPS) is 8.00. The quantitative estimate of drug-likeness (QED) is 0.203. The molecule has 0 atom stereocenters. The number of thiazole rings is 1. The first-order chi connectivity index (χ1) is 20.0. The van der Waals surface area contributed by atoms with Gasteiger partial charge >= 0.3 is 0 Å². The summed E-state index contributed by atoms with van der Waals surface area (Å²) >= 11 is 1.60. The average molecular weight is 566 g/mol. The molecule has 0 aliphatic heterocycles. The Balaban J connectivity index is 0.000000229. The van der Waals surface area contributed by atoms with E-state index in [0.29, 0.717) is 0 Å². The lowest BCUT2D eigenvalue weighted by molar-refractivity contribution is 0.416. The lowest BCUT2D eigenvalue weighted by Crippen LogP contribution is -1.53. The van der Waals surface area contributed by atoms with Crippen molar-refractivity contribution < 1.29 is 13.4 Å². The fraction of sp³-hybridized carbons (Fsp3) is 0. The summed E-state index contributed by atoms with van der Waals surface area (Å²) < 4.78 is 13.1.